The van der Waals surface area contributed by atoms with Crippen LogP contribution in [-0.4, -0.2) is 25.5 Å². The van der Waals surface area contributed by atoms with Crippen molar-refractivity contribution in [2.75, 3.05) is 19.0 Å². The summed E-state index contributed by atoms with van der Waals surface area (Å²) in [6, 6.07) is 11.0. The summed E-state index contributed by atoms with van der Waals surface area (Å²) < 4.78 is 11.1. The van der Waals surface area contributed by atoms with Crippen LogP contribution in [0.2, 0.25) is 0 Å². The van der Waals surface area contributed by atoms with E-state index in [1.165, 1.54) is 0 Å². The van der Waals surface area contributed by atoms with E-state index in [1.54, 1.807) is 19.2 Å². The van der Waals surface area contributed by atoms with Crippen molar-refractivity contribution in [2.24, 2.45) is 0 Å². The number of benzene rings is 2. The van der Waals surface area contributed by atoms with Crippen LogP contribution in [0.5, 0.6) is 11.5 Å². The fourth-order valence-electron chi connectivity index (χ4n) is 3.08. The molecule has 0 saturated heterocycles. The Hall–Kier alpha value is -3.02. The van der Waals surface area contributed by atoms with E-state index in [-0.39, 0.29) is 11.8 Å². The second-order valence-corrected chi connectivity index (χ2v) is 6.79. The number of anilines is 1. The number of hydrogen-bond donors (Lipinski definition) is 2. The van der Waals surface area contributed by atoms with Crippen molar-refractivity contribution in [3.05, 3.63) is 53.1 Å². The number of nitrogens with one attached hydrogen (secondary N) is 2. The summed E-state index contributed by atoms with van der Waals surface area (Å²) in [6.45, 7) is 3.16. The molecule has 1 aliphatic heterocycles. The van der Waals surface area contributed by atoms with E-state index >= 15 is 0 Å². The Labute approximate surface area is 165 Å². The van der Waals surface area contributed by atoms with E-state index in [1.807, 2.05) is 24.3 Å². The molecule has 6 nitrogen and oxygen atoms in total. The van der Waals surface area contributed by atoms with E-state index in [2.05, 4.69) is 17.6 Å². The topological polar surface area (TPSA) is 76.7 Å². The van der Waals surface area contributed by atoms with Crippen LogP contribution in [0.1, 0.15) is 47.7 Å². The van der Waals surface area contributed by atoms with Gasteiger partial charge in [0.05, 0.1) is 13.7 Å². The normalized spacial score (nSPS) is 12.7. The minimum Gasteiger partial charge on any atom is -0.493 e. The van der Waals surface area contributed by atoms with Crippen LogP contribution in [0, 0.1) is 0 Å². The number of amides is 2. The van der Waals surface area contributed by atoms with E-state index in [0.29, 0.717) is 43.1 Å². The van der Waals surface area contributed by atoms with E-state index in [0.717, 1.165) is 29.7 Å². The van der Waals surface area contributed by atoms with Gasteiger partial charge in [-0.1, -0.05) is 19.4 Å². The number of carbonyl (C=O) groups excluding carboxylic acids is 2. The molecule has 1 heterocycles. The molecular weight excluding hydrogens is 356 g/mol. The zero-order chi connectivity index (χ0) is 19.9. The lowest BCUT2D eigenvalue weighted by molar-refractivity contribution is -0.116. The predicted octanol–water partition coefficient (Wildman–Crippen LogP) is 3.69. The first kappa shape index (κ1) is 19.7. The number of unbranched alkanes of at least 4 members (excludes halogenated alkanes) is 1. The third-order valence-corrected chi connectivity index (χ3v) is 4.70. The number of rotatable bonds is 8. The lowest BCUT2D eigenvalue weighted by Crippen LogP contribution is -2.24. The molecule has 0 spiro atoms. The molecule has 0 unspecified atom stereocenters. The number of fused-ring (bicyclic) bond motifs is 1. The van der Waals surface area contributed by atoms with Crippen molar-refractivity contribution in [1.82, 2.24) is 5.32 Å². The predicted molar refractivity (Wildman–Crippen MR) is 108 cm³/mol. The molecule has 0 fully saturated rings. The zero-order valence-corrected chi connectivity index (χ0v) is 16.3. The Morgan fingerprint density at radius 1 is 1.14 bits per heavy atom. The average molecular weight is 382 g/mol. The Bertz CT molecular complexity index is 864. The third-order valence-electron chi connectivity index (χ3n) is 4.70. The molecule has 2 aromatic carbocycles. The highest BCUT2D eigenvalue weighted by Crippen LogP contribution is 2.28. The minimum absolute atomic E-state index is 0.0146. The molecule has 3 rings (SSSR count). The first-order valence-electron chi connectivity index (χ1n) is 9.61. The smallest absolute Gasteiger partial charge is 0.251 e. The monoisotopic (exact) mass is 382 g/mol. The summed E-state index contributed by atoms with van der Waals surface area (Å²) >= 11 is 0. The summed E-state index contributed by atoms with van der Waals surface area (Å²) in [4.78, 5) is 24.0. The Kier molecular flexibility index (Phi) is 6.53. The Morgan fingerprint density at radius 3 is 2.79 bits per heavy atom. The van der Waals surface area contributed by atoms with Crippen molar-refractivity contribution < 1.29 is 19.1 Å². The van der Waals surface area contributed by atoms with Gasteiger partial charge in [0.15, 0.2) is 11.5 Å². The van der Waals surface area contributed by atoms with Crippen LogP contribution in [-0.2, 0) is 17.8 Å². The van der Waals surface area contributed by atoms with Crippen molar-refractivity contribution in [3.8, 4) is 11.5 Å². The maximum Gasteiger partial charge on any atom is 0.251 e. The molecule has 148 valence electrons. The van der Waals surface area contributed by atoms with Crippen molar-refractivity contribution in [2.45, 2.75) is 39.2 Å². The average Bonchev–Trinajstić information content (AvgIpc) is 2.72. The van der Waals surface area contributed by atoms with Crippen LogP contribution in [0.3, 0.4) is 0 Å². The van der Waals surface area contributed by atoms with Gasteiger partial charge in [-0.3, -0.25) is 9.59 Å². The molecule has 2 aromatic rings. The van der Waals surface area contributed by atoms with Crippen LogP contribution in [0.4, 0.5) is 5.69 Å². The summed E-state index contributed by atoms with van der Waals surface area (Å²) in [5, 5.41) is 5.75. The van der Waals surface area contributed by atoms with Crippen molar-refractivity contribution in [3.63, 3.8) is 0 Å². The maximum atomic E-state index is 12.5. The molecule has 0 atom stereocenters. The highest BCUT2D eigenvalue weighted by atomic mass is 16.5. The Balaban J connectivity index is 1.62. The first-order valence-corrected chi connectivity index (χ1v) is 9.61. The number of carbonyl (C=O) groups is 2. The summed E-state index contributed by atoms with van der Waals surface area (Å²) in [5.74, 6) is 1.23. The Morgan fingerprint density at radius 2 is 2.00 bits per heavy atom. The first-order chi connectivity index (χ1) is 13.6. The van der Waals surface area contributed by atoms with Gasteiger partial charge in [-0.05, 0) is 54.3 Å². The van der Waals surface area contributed by atoms with Gasteiger partial charge in [0.25, 0.3) is 5.91 Å². The van der Waals surface area contributed by atoms with E-state index in [4.69, 9.17) is 9.47 Å². The van der Waals surface area contributed by atoms with Crippen molar-refractivity contribution >= 4 is 17.5 Å². The largest absolute Gasteiger partial charge is 0.493 e. The van der Waals surface area contributed by atoms with E-state index < -0.39 is 0 Å². The van der Waals surface area contributed by atoms with Gasteiger partial charge in [-0.2, -0.15) is 0 Å². The zero-order valence-electron chi connectivity index (χ0n) is 16.3. The van der Waals surface area contributed by atoms with Gasteiger partial charge in [-0.15, -0.1) is 0 Å². The number of ether oxygens (including phenoxy) is 2. The third kappa shape index (κ3) is 4.82. The molecule has 0 aliphatic carbocycles. The van der Waals surface area contributed by atoms with Crippen LogP contribution >= 0.6 is 0 Å². The summed E-state index contributed by atoms with van der Waals surface area (Å²) in [5.41, 5.74) is 3.29. The van der Waals surface area contributed by atoms with E-state index in [9.17, 15) is 9.59 Å². The fraction of sp³-hybridized carbons (Fsp3) is 0.364. The van der Waals surface area contributed by atoms with Crippen LogP contribution in [0.25, 0.3) is 0 Å². The number of methoxy groups -OCH3 is 1. The molecule has 2 amide bonds. The highest BCUT2D eigenvalue weighted by molar-refractivity contribution is 5.97. The van der Waals surface area contributed by atoms with Gasteiger partial charge < -0.3 is 20.1 Å². The molecule has 0 radical (unpaired) electrons. The molecular formula is C22H26N2O4. The maximum absolute atomic E-state index is 12.5. The van der Waals surface area contributed by atoms with Crippen LogP contribution in [0.15, 0.2) is 36.4 Å². The summed E-state index contributed by atoms with van der Waals surface area (Å²) in [6.07, 6.45) is 3.16. The fourth-order valence-corrected chi connectivity index (χ4v) is 3.08. The summed E-state index contributed by atoms with van der Waals surface area (Å²) in [7, 11) is 1.61. The van der Waals surface area contributed by atoms with Gasteiger partial charge in [0.1, 0.15) is 0 Å². The molecule has 0 aromatic heterocycles. The molecule has 0 saturated carbocycles. The van der Waals surface area contributed by atoms with Gasteiger partial charge in [0.2, 0.25) is 5.91 Å². The lowest BCUT2D eigenvalue weighted by atomic mass is 10.00. The van der Waals surface area contributed by atoms with Gasteiger partial charge >= 0.3 is 0 Å². The lowest BCUT2D eigenvalue weighted by Gasteiger charge is -2.17. The van der Waals surface area contributed by atoms with Gasteiger partial charge in [-0.25, -0.2) is 0 Å². The highest BCUT2D eigenvalue weighted by Gasteiger charge is 2.16. The SMILES string of the molecule is CCCCOc1ccc(CNC(=O)c2ccc3c(c2)CCC(=O)N3)cc1OC. The van der Waals surface area contributed by atoms with Crippen LogP contribution < -0.4 is 20.1 Å². The standard InChI is InChI=1S/C22H26N2O4/c1-3-4-11-28-19-9-5-15(12-20(19)27-2)14-23-22(26)17-6-8-18-16(13-17)7-10-21(25)24-18/h5-6,8-9,12-13H,3-4,7,10-11,14H2,1-2H3,(H,23,26)(H,24,25). The molecule has 0 bridgehead atoms. The molecule has 1 aliphatic rings. The molecule has 2 N–H and O–H groups in total. The number of aryl methyl sites for hydroxylation is 1. The second kappa shape index (κ2) is 9.26. The second-order valence-electron chi connectivity index (χ2n) is 6.79. The quantitative estimate of drug-likeness (QED) is 0.683. The molecule has 6 heteroatoms. The minimum atomic E-state index is -0.151. The van der Waals surface area contributed by atoms with Crippen molar-refractivity contribution in [1.29, 1.82) is 0 Å². The van der Waals surface area contributed by atoms with Gasteiger partial charge in [0, 0.05) is 24.2 Å². The number of hydrogen-bond acceptors (Lipinski definition) is 4. The molecule has 28 heavy (non-hydrogen) atoms.